The van der Waals surface area contributed by atoms with Crippen molar-refractivity contribution in [1.29, 1.82) is 0 Å². The highest BCUT2D eigenvalue weighted by atomic mass is 16.4. The molecule has 0 bridgehead atoms. The maximum atomic E-state index is 12.6. The molecule has 3 rings (SSSR count). The Bertz CT molecular complexity index is 770. The van der Waals surface area contributed by atoms with Gasteiger partial charge in [0, 0.05) is 18.5 Å². The summed E-state index contributed by atoms with van der Waals surface area (Å²) in [5.74, 6) is -1.42. The van der Waals surface area contributed by atoms with Gasteiger partial charge in [-0.2, -0.15) is 0 Å². The third kappa shape index (κ3) is 2.54. The van der Waals surface area contributed by atoms with Gasteiger partial charge < -0.3 is 10.0 Å². The molecule has 1 aromatic carbocycles. The number of rotatable bonds is 2. The number of nitrogens with zero attached hydrogens (tertiary/aromatic N) is 2. The summed E-state index contributed by atoms with van der Waals surface area (Å²) in [6.45, 7) is 4.59. The van der Waals surface area contributed by atoms with Crippen LogP contribution in [0.5, 0.6) is 0 Å². The minimum absolute atomic E-state index is 0.128. The number of pyridine rings is 1. The summed E-state index contributed by atoms with van der Waals surface area (Å²) in [6, 6.07) is 7.79. The molecule has 2 heterocycles. The first-order valence-corrected chi connectivity index (χ1v) is 7.36. The fourth-order valence-corrected chi connectivity index (χ4v) is 2.91. The number of carboxylic acids is 1. The molecule has 1 fully saturated rings. The number of carbonyl (C=O) groups excluding carboxylic acids is 1. The number of amides is 1. The molecular formula is C17H18N2O3. The van der Waals surface area contributed by atoms with Crippen LogP contribution in [0.15, 0.2) is 24.3 Å². The molecule has 0 saturated carbocycles. The lowest BCUT2D eigenvalue weighted by molar-refractivity contribution is -0.141. The molecule has 1 aliphatic rings. The van der Waals surface area contributed by atoms with Crippen molar-refractivity contribution >= 4 is 22.8 Å². The van der Waals surface area contributed by atoms with Crippen LogP contribution in [-0.4, -0.2) is 40.0 Å². The van der Waals surface area contributed by atoms with E-state index in [1.165, 1.54) is 0 Å². The molecule has 2 aromatic rings. The Morgan fingerprint density at radius 1 is 1.27 bits per heavy atom. The van der Waals surface area contributed by atoms with Crippen LogP contribution in [0.3, 0.4) is 0 Å². The lowest BCUT2D eigenvalue weighted by Gasteiger charge is -2.17. The monoisotopic (exact) mass is 298 g/mol. The van der Waals surface area contributed by atoms with Gasteiger partial charge in [0.15, 0.2) is 0 Å². The van der Waals surface area contributed by atoms with Crippen molar-refractivity contribution in [3.05, 3.63) is 41.1 Å². The van der Waals surface area contributed by atoms with Gasteiger partial charge in [0.1, 0.15) is 0 Å². The minimum Gasteiger partial charge on any atom is -0.481 e. The zero-order valence-corrected chi connectivity index (χ0v) is 12.7. The molecule has 0 spiro atoms. The van der Waals surface area contributed by atoms with Crippen LogP contribution in [0.4, 0.5) is 0 Å². The molecule has 1 saturated heterocycles. The maximum absolute atomic E-state index is 12.6. The fraction of sp³-hybridized carbons (Fsp3) is 0.353. The van der Waals surface area contributed by atoms with E-state index in [1.54, 1.807) is 4.90 Å². The molecule has 0 unspecified atom stereocenters. The number of likely N-dealkylation sites (tertiary alicyclic amines) is 1. The van der Waals surface area contributed by atoms with Gasteiger partial charge in [-0.05, 0) is 38.0 Å². The molecule has 5 nitrogen and oxygen atoms in total. The molecule has 5 heteroatoms. The molecule has 0 aliphatic carbocycles. The molecule has 0 radical (unpaired) electrons. The van der Waals surface area contributed by atoms with Gasteiger partial charge in [-0.15, -0.1) is 0 Å². The Morgan fingerprint density at radius 3 is 2.73 bits per heavy atom. The van der Waals surface area contributed by atoms with E-state index in [9.17, 15) is 9.59 Å². The Labute approximate surface area is 128 Å². The van der Waals surface area contributed by atoms with Crippen LogP contribution in [0.1, 0.15) is 28.0 Å². The van der Waals surface area contributed by atoms with Gasteiger partial charge in [-0.1, -0.05) is 12.1 Å². The van der Waals surface area contributed by atoms with Gasteiger partial charge in [0.05, 0.1) is 22.7 Å². The number of hydrogen-bond acceptors (Lipinski definition) is 3. The Kier molecular flexibility index (Phi) is 3.56. The van der Waals surface area contributed by atoms with E-state index in [1.807, 2.05) is 38.1 Å². The SMILES string of the molecule is Cc1ccc2cc(C(=O)N3CC[C@@H](C(=O)O)C3)c(C)nc2c1. The Balaban J connectivity index is 1.93. The minimum atomic E-state index is -0.834. The van der Waals surface area contributed by atoms with Crippen LogP contribution in [0.2, 0.25) is 0 Å². The van der Waals surface area contributed by atoms with E-state index in [2.05, 4.69) is 4.98 Å². The van der Waals surface area contributed by atoms with E-state index in [0.29, 0.717) is 24.2 Å². The van der Waals surface area contributed by atoms with Crippen molar-refractivity contribution in [3.8, 4) is 0 Å². The molecule has 22 heavy (non-hydrogen) atoms. The normalized spacial score (nSPS) is 17.9. The average molecular weight is 298 g/mol. The Morgan fingerprint density at radius 2 is 2.05 bits per heavy atom. The highest BCUT2D eigenvalue weighted by Crippen LogP contribution is 2.23. The zero-order valence-electron chi connectivity index (χ0n) is 12.7. The summed E-state index contributed by atoms with van der Waals surface area (Å²) in [5, 5.41) is 9.98. The molecular weight excluding hydrogens is 280 g/mol. The van der Waals surface area contributed by atoms with Crippen molar-refractivity contribution in [3.63, 3.8) is 0 Å². The summed E-state index contributed by atoms with van der Waals surface area (Å²) in [4.78, 5) is 29.8. The predicted molar refractivity (Wildman–Crippen MR) is 82.9 cm³/mol. The van der Waals surface area contributed by atoms with Crippen LogP contribution in [0.25, 0.3) is 10.9 Å². The van der Waals surface area contributed by atoms with Gasteiger partial charge in [0.2, 0.25) is 0 Å². The van der Waals surface area contributed by atoms with Crippen molar-refractivity contribution in [2.75, 3.05) is 13.1 Å². The van der Waals surface area contributed by atoms with E-state index < -0.39 is 11.9 Å². The van der Waals surface area contributed by atoms with Gasteiger partial charge in [-0.25, -0.2) is 0 Å². The predicted octanol–water partition coefficient (Wildman–Crippen LogP) is 2.40. The second-order valence-corrected chi connectivity index (χ2v) is 5.89. The van der Waals surface area contributed by atoms with Crippen LogP contribution >= 0.6 is 0 Å². The maximum Gasteiger partial charge on any atom is 0.308 e. The number of aryl methyl sites for hydroxylation is 2. The van der Waals surface area contributed by atoms with E-state index in [4.69, 9.17) is 5.11 Å². The first-order chi connectivity index (χ1) is 10.5. The second-order valence-electron chi connectivity index (χ2n) is 5.89. The molecule has 1 aliphatic heterocycles. The summed E-state index contributed by atoms with van der Waals surface area (Å²) in [7, 11) is 0. The number of carbonyl (C=O) groups is 2. The van der Waals surface area contributed by atoms with Crippen molar-refractivity contribution in [2.45, 2.75) is 20.3 Å². The number of benzene rings is 1. The fourth-order valence-electron chi connectivity index (χ4n) is 2.91. The summed E-state index contributed by atoms with van der Waals surface area (Å²) >= 11 is 0. The largest absolute Gasteiger partial charge is 0.481 e. The van der Waals surface area contributed by atoms with E-state index >= 15 is 0 Å². The second kappa shape index (κ2) is 5.40. The summed E-state index contributed by atoms with van der Waals surface area (Å²) < 4.78 is 0. The highest BCUT2D eigenvalue weighted by molar-refractivity contribution is 5.99. The number of aliphatic carboxylic acids is 1. The molecule has 1 aromatic heterocycles. The van der Waals surface area contributed by atoms with Crippen molar-refractivity contribution < 1.29 is 14.7 Å². The number of carboxylic acid groups (broad SMARTS) is 1. The number of fused-ring (bicyclic) bond motifs is 1. The van der Waals surface area contributed by atoms with Crippen LogP contribution in [0, 0.1) is 19.8 Å². The van der Waals surface area contributed by atoms with E-state index in [-0.39, 0.29) is 12.5 Å². The average Bonchev–Trinajstić information content (AvgIpc) is 2.95. The smallest absolute Gasteiger partial charge is 0.308 e. The standard InChI is InChI=1S/C17H18N2O3/c1-10-3-4-12-8-14(11(2)18-15(12)7-10)16(20)19-6-5-13(9-19)17(21)22/h3-4,7-8,13H,5-6,9H2,1-2H3,(H,21,22)/t13-/m1/s1. The number of aromatic nitrogens is 1. The first kappa shape index (κ1) is 14.5. The van der Waals surface area contributed by atoms with Crippen molar-refractivity contribution in [2.24, 2.45) is 5.92 Å². The van der Waals surface area contributed by atoms with Crippen LogP contribution in [-0.2, 0) is 4.79 Å². The first-order valence-electron chi connectivity index (χ1n) is 7.36. The zero-order chi connectivity index (χ0) is 15.9. The van der Waals surface area contributed by atoms with Gasteiger partial charge in [-0.3, -0.25) is 14.6 Å². The third-order valence-electron chi connectivity index (χ3n) is 4.22. The highest BCUT2D eigenvalue weighted by Gasteiger charge is 2.32. The molecule has 1 amide bonds. The number of hydrogen-bond donors (Lipinski definition) is 1. The quantitative estimate of drug-likeness (QED) is 0.924. The van der Waals surface area contributed by atoms with Crippen molar-refractivity contribution in [1.82, 2.24) is 9.88 Å². The van der Waals surface area contributed by atoms with E-state index in [0.717, 1.165) is 16.5 Å². The third-order valence-corrected chi connectivity index (χ3v) is 4.22. The Hall–Kier alpha value is -2.43. The van der Waals surface area contributed by atoms with Crippen LogP contribution < -0.4 is 0 Å². The topological polar surface area (TPSA) is 70.5 Å². The van der Waals surface area contributed by atoms with Gasteiger partial charge in [0.25, 0.3) is 5.91 Å². The molecule has 1 atom stereocenters. The summed E-state index contributed by atoms with van der Waals surface area (Å²) in [5.41, 5.74) is 3.24. The lowest BCUT2D eigenvalue weighted by atomic mass is 10.1. The lowest BCUT2D eigenvalue weighted by Crippen LogP contribution is -2.30. The van der Waals surface area contributed by atoms with Gasteiger partial charge >= 0.3 is 5.97 Å². The summed E-state index contributed by atoms with van der Waals surface area (Å²) in [6.07, 6.45) is 0.514. The molecule has 114 valence electrons. The molecule has 1 N–H and O–H groups in total.